The number of aromatic amines is 1. The molecular weight excluding hydrogens is 268 g/mol. The number of para-hydroxylation sites is 2. The van der Waals surface area contributed by atoms with Crippen molar-refractivity contribution < 1.29 is 0 Å². The molecule has 0 radical (unpaired) electrons. The molecule has 2 aromatic heterocycles. The lowest BCUT2D eigenvalue weighted by Crippen LogP contribution is -2.16. The first-order valence-corrected chi connectivity index (χ1v) is 6.44. The second-order valence-electron chi connectivity index (χ2n) is 4.66. The zero-order valence-electron chi connectivity index (χ0n) is 10.9. The third-order valence-electron chi connectivity index (χ3n) is 3.38. The monoisotopic (exact) mass is 278 g/mol. The smallest absolute Gasteiger partial charge is 0.267 e. The fourth-order valence-corrected chi connectivity index (χ4v) is 2.42. The molecule has 1 N–H and O–H groups in total. The van der Waals surface area contributed by atoms with Crippen LogP contribution in [0.5, 0.6) is 0 Å². The van der Waals surface area contributed by atoms with Gasteiger partial charge in [0.15, 0.2) is 0 Å². The third-order valence-corrected chi connectivity index (χ3v) is 3.38. The lowest BCUT2D eigenvalue weighted by molar-refractivity contribution is 0.895. The van der Waals surface area contributed by atoms with E-state index in [9.17, 15) is 9.59 Å². The maximum absolute atomic E-state index is 12.4. The van der Waals surface area contributed by atoms with E-state index in [2.05, 4.69) is 10.1 Å². The zero-order chi connectivity index (χ0) is 14.4. The number of nitrogens with one attached hydrogen (secondary N) is 1. The molecule has 0 atom stereocenters. The minimum absolute atomic E-state index is 0.273. The first kappa shape index (κ1) is 11.7. The van der Waals surface area contributed by atoms with Crippen LogP contribution in [0.15, 0.2) is 64.2 Å². The van der Waals surface area contributed by atoms with Gasteiger partial charge in [0.05, 0.1) is 16.6 Å². The van der Waals surface area contributed by atoms with Crippen molar-refractivity contribution in [3.63, 3.8) is 0 Å². The Kier molecular flexibility index (Phi) is 2.32. The van der Waals surface area contributed by atoms with Crippen molar-refractivity contribution in [3.05, 3.63) is 75.4 Å². The highest BCUT2D eigenvalue weighted by Gasteiger charge is 2.13. The lowest BCUT2D eigenvalue weighted by Gasteiger charge is -2.02. The van der Waals surface area contributed by atoms with Gasteiger partial charge in [-0.1, -0.05) is 30.3 Å². The summed E-state index contributed by atoms with van der Waals surface area (Å²) in [5.74, 6) is 0.273. The first-order chi connectivity index (χ1) is 10.3. The molecule has 0 aliphatic rings. The summed E-state index contributed by atoms with van der Waals surface area (Å²) in [4.78, 5) is 29.0. The summed E-state index contributed by atoms with van der Waals surface area (Å²) in [5.41, 5.74) is 0.526. The van der Waals surface area contributed by atoms with Gasteiger partial charge in [-0.25, -0.2) is 19.4 Å². The molecule has 0 saturated carbocycles. The standard InChI is InChI=1S/C15H10N4O2/c20-13-11-8-4-5-9-12(11)16-14-18(15(21)17-19(13)14)10-6-2-1-3-7-10/h1-9H,(H,17,21). The van der Waals surface area contributed by atoms with Crippen molar-refractivity contribution >= 4 is 16.7 Å². The van der Waals surface area contributed by atoms with Crippen LogP contribution >= 0.6 is 0 Å². The number of benzene rings is 2. The SMILES string of the molecule is O=c1[nH]n2c(=O)c3ccccc3nc2n1-c1ccccc1. The van der Waals surface area contributed by atoms with E-state index < -0.39 is 5.69 Å². The lowest BCUT2D eigenvalue weighted by atomic mass is 10.2. The molecule has 0 amide bonds. The molecule has 2 aromatic carbocycles. The van der Waals surface area contributed by atoms with E-state index in [4.69, 9.17) is 0 Å². The third kappa shape index (κ3) is 1.62. The van der Waals surface area contributed by atoms with Gasteiger partial charge in [-0.3, -0.25) is 4.79 Å². The fraction of sp³-hybridized carbons (Fsp3) is 0. The molecule has 2 heterocycles. The van der Waals surface area contributed by atoms with Gasteiger partial charge < -0.3 is 0 Å². The molecule has 0 aliphatic heterocycles. The quantitative estimate of drug-likeness (QED) is 0.571. The molecule has 6 nitrogen and oxygen atoms in total. The minimum atomic E-state index is -0.402. The molecule has 0 bridgehead atoms. The molecule has 0 fully saturated rings. The van der Waals surface area contributed by atoms with Gasteiger partial charge in [-0.15, -0.1) is 0 Å². The van der Waals surface area contributed by atoms with Crippen molar-refractivity contribution in [3.8, 4) is 5.69 Å². The van der Waals surface area contributed by atoms with Crippen LogP contribution in [0, 0.1) is 0 Å². The normalized spacial score (nSPS) is 11.2. The van der Waals surface area contributed by atoms with Crippen molar-refractivity contribution in [1.29, 1.82) is 0 Å². The van der Waals surface area contributed by atoms with Crippen LogP contribution in [0.3, 0.4) is 0 Å². The summed E-state index contributed by atoms with van der Waals surface area (Å²) in [7, 11) is 0. The largest absolute Gasteiger partial charge is 0.348 e. The molecule has 0 unspecified atom stereocenters. The van der Waals surface area contributed by atoms with Crippen LogP contribution in [0.1, 0.15) is 0 Å². The summed E-state index contributed by atoms with van der Waals surface area (Å²) in [6.07, 6.45) is 0. The highest BCUT2D eigenvalue weighted by molar-refractivity contribution is 5.79. The number of fused-ring (bicyclic) bond motifs is 2. The summed E-state index contributed by atoms with van der Waals surface area (Å²) in [5, 5.41) is 3.00. The second-order valence-corrected chi connectivity index (χ2v) is 4.66. The van der Waals surface area contributed by atoms with Gasteiger partial charge in [-0.2, -0.15) is 4.52 Å². The van der Waals surface area contributed by atoms with Crippen LogP contribution in [-0.2, 0) is 0 Å². The Hall–Kier alpha value is -3.15. The van der Waals surface area contributed by atoms with Crippen LogP contribution in [0.25, 0.3) is 22.4 Å². The van der Waals surface area contributed by atoms with Crippen LogP contribution in [0.2, 0.25) is 0 Å². The maximum atomic E-state index is 12.4. The maximum Gasteiger partial charge on any atom is 0.348 e. The molecule has 0 aliphatic carbocycles. The van der Waals surface area contributed by atoms with Crippen LogP contribution < -0.4 is 11.2 Å². The van der Waals surface area contributed by atoms with Gasteiger partial charge in [-0.05, 0) is 24.3 Å². The topological polar surface area (TPSA) is 72.2 Å². The molecule has 6 heteroatoms. The highest BCUT2D eigenvalue weighted by atomic mass is 16.2. The predicted octanol–water partition coefficient (Wildman–Crippen LogP) is 1.33. The Labute approximate surface area is 117 Å². The number of aromatic nitrogens is 4. The van der Waals surface area contributed by atoms with E-state index in [1.54, 1.807) is 30.3 Å². The van der Waals surface area contributed by atoms with E-state index >= 15 is 0 Å². The van der Waals surface area contributed by atoms with Gasteiger partial charge in [0.2, 0.25) is 5.78 Å². The summed E-state index contributed by atoms with van der Waals surface area (Å²) < 4.78 is 2.56. The number of hydrogen-bond acceptors (Lipinski definition) is 3. The van der Waals surface area contributed by atoms with Crippen LogP contribution in [0.4, 0.5) is 0 Å². The Morgan fingerprint density at radius 2 is 1.62 bits per heavy atom. The number of rotatable bonds is 1. The van der Waals surface area contributed by atoms with Crippen LogP contribution in [-0.4, -0.2) is 19.2 Å². The van der Waals surface area contributed by atoms with Gasteiger partial charge in [0, 0.05) is 0 Å². The van der Waals surface area contributed by atoms with Crippen molar-refractivity contribution in [2.24, 2.45) is 0 Å². The molecule has 4 aromatic rings. The second kappa shape index (κ2) is 4.17. The summed E-state index contributed by atoms with van der Waals surface area (Å²) in [6, 6.07) is 16.1. The first-order valence-electron chi connectivity index (χ1n) is 6.44. The van der Waals surface area contributed by atoms with Crippen molar-refractivity contribution in [2.75, 3.05) is 0 Å². The Morgan fingerprint density at radius 3 is 2.43 bits per heavy atom. The van der Waals surface area contributed by atoms with E-state index in [-0.39, 0.29) is 11.3 Å². The zero-order valence-corrected chi connectivity index (χ0v) is 10.9. The van der Waals surface area contributed by atoms with Crippen molar-refractivity contribution in [1.82, 2.24) is 19.2 Å². The Balaban J connectivity index is 2.21. The number of hydrogen-bond donors (Lipinski definition) is 1. The molecular formula is C15H10N4O2. The van der Waals surface area contributed by atoms with E-state index in [0.717, 1.165) is 0 Å². The number of H-pyrrole nitrogens is 1. The minimum Gasteiger partial charge on any atom is -0.267 e. The van der Waals surface area contributed by atoms with Gasteiger partial charge >= 0.3 is 5.69 Å². The Morgan fingerprint density at radius 1 is 0.905 bits per heavy atom. The Bertz CT molecular complexity index is 1070. The summed E-state index contributed by atoms with van der Waals surface area (Å²) >= 11 is 0. The van der Waals surface area contributed by atoms with E-state index in [0.29, 0.717) is 16.6 Å². The van der Waals surface area contributed by atoms with Gasteiger partial charge in [0.25, 0.3) is 5.56 Å². The van der Waals surface area contributed by atoms with E-state index in [1.807, 2.05) is 24.3 Å². The van der Waals surface area contributed by atoms with Gasteiger partial charge in [0.1, 0.15) is 0 Å². The average Bonchev–Trinajstić information content (AvgIpc) is 2.85. The molecule has 0 saturated heterocycles. The highest BCUT2D eigenvalue weighted by Crippen LogP contribution is 2.11. The molecule has 21 heavy (non-hydrogen) atoms. The average molecular weight is 278 g/mol. The van der Waals surface area contributed by atoms with E-state index in [1.165, 1.54) is 9.08 Å². The summed E-state index contributed by atoms with van der Waals surface area (Å²) in [6.45, 7) is 0. The molecule has 0 spiro atoms. The number of nitrogens with zero attached hydrogens (tertiary/aromatic N) is 3. The molecule has 4 rings (SSSR count). The fourth-order valence-electron chi connectivity index (χ4n) is 2.42. The predicted molar refractivity (Wildman–Crippen MR) is 78.9 cm³/mol. The molecule has 102 valence electrons. The van der Waals surface area contributed by atoms with Crippen molar-refractivity contribution in [2.45, 2.75) is 0 Å².